The fourth-order valence-corrected chi connectivity index (χ4v) is 1.73. The summed E-state index contributed by atoms with van der Waals surface area (Å²) in [6.45, 7) is 4.97. The van der Waals surface area contributed by atoms with E-state index >= 15 is 0 Å². The first-order chi connectivity index (χ1) is 7.77. The van der Waals surface area contributed by atoms with Gasteiger partial charge in [-0.25, -0.2) is 0 Å². The molecule has 0 saturated carbocycles. The lowest BCUT2D eigenvalue weighted by Crippen LogP contribution is -2.17. The van der Waals surface area contributed by atoms with E-state index in [1.165, 1.54) is 0 Å². The molecule has 86 valence electrons. The number of nitriles is 1. The highest BCUT2D eigenvalue weighted by atomic mass is 79.9. The lowest BCUT2D eigenvalue weighted by Gasteiger charge is -2.08. The van der Waals surface area contributed by atoms with Crippen molar-refractivity contribution in [1.82, 2.24) is 5.32 Å². The summed E-state index contributed by atoms with van der Waals surface area (Å²) in [7, 11) is 0. The highest BCUT2D eigenvalue weighted by Gasteiger charge is 2.01. The quantitative estimate of drug-likeness (QED) is 0.789. The molecular formula is C12H16BrN3. The second-order valence-electron chi connectivity index (χ2n) is 3.44. The third-order valence-electron chi connectivity index (χ3n) is 2.20. The first kappa shape index (κ1) is 13.0. The molecular weight excluding hydrogens is 266 g/mol. The SMILES string of the molecule is CCNCCCNc1cc(Br)ccc1C#N. The van der Waals surface area contributed by atoms with Crippen LogP contribution in [0.5, 0.6) is 0 Å². The minimum atomic E-state index is 0.687. The van der Waals surface area contributed by atoms with Gasteiger partial charge in [-0.1, -0.05) is 22.9 Å². The maximum Gasteiger partial charge on any atom is 0.101 e. The minimum Gasteiger partial charge on any atom is -0.384 e. The smallest absolute Gasteiger partial charge is 0.101 e. The van der Waals surface area contributed by atoms with E-state index in [0.29, 0.717) is 5.56 Å². The van der Waals surface area contributed by atoms with Gasteiger partial charge in [-0.15, -0.1) is 0 Å². The van der Waals surface area contributed by atoms with Gasteiger partial charge in [-0.2, -0.15) is 5.26 Å². The van der Waals surface area contributed by atoms with E-state index in [4.69, 9.17) is 5.26 Å². The van der Waals surface area contributed by atoms with E-state index in [9.17, 15) is 0 Å². The molecule has 0 radical (unpaired) electrons. The third kappa shape index (κ3) is 4.21. The Morgan fingerprint density at radius 3 is 2.88 bits per heavy atom. The van der Waals surface area contributed by atoms with Gasteiger partial charge in [0, 0.05) is 11.0 Å². The number of anilines is 1. The number of benzene rings is 1. The molecule has 0 aromatic heterocycles. The summed E-state index contributed by atoms with van der Waals surface area (Å²) >= 11 is 3.40. The van der Waals surface area contributed by atoms with E-state index in [1.807, 2.05) is 18.2 Å². The van der Waals surface area contributed by atoms with E-state index in [0.717, 1.165) is 36.2 Å². The van der Waals surface area contributed by atoms with Crippen LogP contribution in [0.25, 0.3) is 0 Å². The van der Waals surface area contributed by atoms with Crippen LogP contribution in [-0.2, 0) is 0 Å². The van der Waals surface area contributed by atoms with Gasteiger partial charge in [0.25, 0.3) is 0 Å². The molecule has 0 fully saturated rings. The van der Waals surface area contributed by atoms with E-state index in [2.05, 4.69) is 39.6 Å². The summed E-state index contributed by atoms with van der Waals surface area (Å²) in [6, 6.07) is 7.81. The molecule has 0 spiro atoms. The van der Waals surface area contributed by atoms with E-state index in [-0.39, 0.29) is 0 Å². The predicted octanol–water partition coefficient (Wildman–Crippen LogP) is 2.73. The molecule has 0 aliphatic carbocycles. The highest BCUT2D eigenvalue weighted by Crippen LogP contribution is 2.20. The summed E-state index contributed by atoms with van der Waals surface area (Å²) in [5.74, 6) is 0. The van der Waals surface area contributed by atoms with Crippen LogP contribution in [0.3, 0.4) is 0 Å². The molecule has 0 atom stereocenters. The van der Waals surface area contributed by atoms with Crippen molar-refractivity contribution in [2.24, 2.45) is 0 Å². The summed E-state index contributed by atoms with van der Waals surface area (Å²) in [5.41, 5.74) is 1.58. The van der Waals surface area contributed by atoms with Gasteiger partial charge in [-0.05, 0) is 37.7 Å². The zero-order valence-corrected chi connectivity index (χ0v) is 11.0. The first-order valence-corrected chi connectivity index (χ1v) is 6.21. The zero-order chi connectivity index (χ0) is 11.8. The number of hydrogen-bond acceptors (Lipinski definition) is 3. The van der Waals surface area contributed by atoms with Crippen LogP contribution < -0.4 is 10.6 Å². The number of nitrogens with zero attached hydrogens (tertiary/aromatic N) is 1. The lowest BCUT2D eigenvalue weighted by atomic mass is 10.2. The zero-order valence-electron chi connectivity index (χ0n) is 9.39. The van der Waals surface area contributed by atoms with Gasteiger partial charge in [0.2, 0.25) is 0 Å². The number of hydrogen-bond donors (Lipinski definition) is 2. The largest absolute Gasteiger partial charge is 0.384 e. The Hall–Kier alpha value is -1.05. The van der Waals surface area contributed by atoms with Gasteiger partial charge in [-0.3, -0.25) is 0 Å². The minimum absolute atomic E-state index is 0.687. The second kappa shape index (κ2) is 7.26. The normalized spacial score (nSPS) is 9.81. The van der Waals surface area contributed by atoms with Crippen molar-refractivity contribution in [3.63, 3.8) is 0 Å². The first-order valence-electron chi connectivity index (χ1n) is 5.42. The maximum absolute atomic E-state index is 8.93. The molecule has 0 unspecified atom stereocenters. The second-order valence-corrected chi connectivity index (χ2v) is 4.35. The third-order valence-corrected chi connectivity index (χ3v) is 2.69. The summed E-state index contributed by atoms with van der Waals surface area (Å²) < 4.78 is 0.987. The van der Waals surface area contributed by atoms with E-state index in [1.54, 1.807) is 0 Å². The van der Waals surface area contributed by atoms with Gasteiger partial charge in [0.05, 0.1) is 11.3 Å². The monoisotopic (exact) mass is 281 g/mol. The molecule has 16 heavy (non-hydrogen) atoms. The molecule has 3 nitrogen and oxygen atoms in total. The molecule has 0 bridgehead atoms. The van der Waals surface area contributed by atoms with Crippen LogP contribution in [0.15, 0.2) is 22.7 Å². The Morgan fingerprint density at radius 1 is 1.38 bits per heavy atom. The van der Waals surface area contributed by atoms with Crippen molar-refractivity contribution in [2.75, 3.05) is 25.0 Å². The van der Waals surface area contributed by atoms with Gasteiger partial charge in [0.1, 0.15) is 6.07 Å². The van der Waals surface area contributed by atoms with Crippen LogP contribution in [0, 0.1) is 11.3 Å². The molecule has 0 heterocycles. The number of halogens is 1. The van der Waals surface area contributed by atoms with Crippen LogP contribution in [0.4, 0.5) is 5.69 Å². The van der Waals surface area contributed by atoms with Gasteiger partial charge in [0.15, 0.2) is 0 Å². The topological polar surface area (TPSA) is 47.8 Å². The van der Waals surface area contributed by atoms with E-state index < -0.39 is 0 Å². The predicted molar refractivity (Wildman–Crippen MR) is 70.5 cm³/mol. The molecule has 0 aliphatic rings. The Kier molecular flexibility index (Phi) is 5.91. The fourth-order valence-electron chi connectivity index (χ4n) is 1.37. The van der Waals surface area contributed by atoms with Crippen molar-refractivity contribution < 1.29 is 0 Å². The Labute approximate surface area is 105 Å². The van der Waals surface area contributed by atoms with Crippen molar-refractivity contribution >= 4 is 21.6 Å². The molecule has 0 amide bonds. The molecule has 2 N–H and O–H groups in total. The lowest BCUT2D eigenvalue weighted by molar-refractivity contribution is 0.688. The molecule has 1 aromatic rings. The van der Waals surface area contributed by atoms with Crippen molar-refractivity contribution in [1.29, 1.82) is 5.26 Å². The Morgan fingerprint density at radius 2 is 2.19 bits per heavy atom. The summed E-state index contributed by atoms with van der Waals surface area (Å²) in [5, 5.41) is 15.5. The molecule has 0 aliphatic heterocycles. The molecule has 1 rings (SSSR count). The molecule has 0 saturated heterocycles. The van der Waals surface area contributed by atoms with Crippen molar-refractivity contribution in [2.45, 2.75) is 13.3 Å². The Balaban J connectivity index is 2.46. The van der Waals surface area contributed by atoms with Crippen LogP contribution >= 0.6 is 15.9 Å². The Bertz CT molecular complexity index is 371. The van der Waals surface area contributed by atoms with Gasteiger partial charge < -0.3 is 10.6 Å². The van der Waals surface area contributed by atoms with Crippen molar-refractivity contribution in [3.05, 3.63) is 28.2 Å². The molecule has 1 aromatic carbocycles. The average molecular weight is 282 g/mol. The van der Waals surface area contributed by atoms with Crippen molar-refractivity contribution in [3.8, 4) is 6.07 Å². The standard InChI is InChI=1S/C12H16BrN3/c1-2-15-6-3-7-16-12-8-11(13)5-4-10(12)9-14/h4-5,8,15-16H,2-3,6-7H2,1H3. The average Bonchev–Trinajstić information content (AvgIpc) is 2.29. The number of rotatable bonds is 6. The fraction of sp³-hybridized carbons (Fsp3) is 0.417. The molecule has 4 heteroatoms. The van der Waals surface area contributed by atoms with Crippen LogP contribution in [-0.4, -0.2) is 19.6 Å². The van der Waals surface area contributed by atoms with Crippen LogP contribution in [0.1, 0.15) is 18.9 Å². The summed E-state index contributed by atoms with van der Waals surface area (Å²) in [4.78, 5) is 0. The summed E-state index contributed by atoms with van der Waals surface area (Å²) in [6.07, 6.45) is 1.05. The number of nitrogens with one attached hydrogen (secondary N) is 2. The maximum atomic E-state index is 8.93. The van der Waals surface area contributed by atoms with Gasteiger partial charge >= 0.3 is 0 Å². The van der Waals surface area contributed by atoms with Crippen LogP contribution in [0.2, 0.25) is 0 Å². The highest BCUT2D eigenvalue weighted by molar-refractivity contribution is 9.10.